The molecular weight excluding hydrogens is 346 g/mol. The van der Waals surface area contributed by atoms with Crippen LogP contribution in [0.5, 0.6) is 0 Å². The Morgan fingerprint density at radius 1 is 1.24 bits per heavy atom. The molecule has 0 aliphatic rings. The average molecular weight is 362 g/mol. The molecule has 0 radical (unpaired) electrons. The van der Waals surface area contributed by atoms with E-state index in [9.17, 15) is 14.9 Å². The zero-order chi connectivity index (χ0) is 18.4. The highest BCUT2D eigenvalue weighted by Crippen LogP contribution is 2.26. The highest BCUT2D eigenvalue weighted by molar-refractivity contribution is 6.30. The number of hydrazone groups is 1. The van der Waals surface area contributed by atoms with Crippen LogP contribution in [0.3, 0.4) is 0 Å². The fourth-order valence-corrected chi connectivity index (χ4v) is 2.14. The summed E-state index contributed by atoms with van der Waals surface area (Å²) in [7, 11) is 0. The van der Waals surface area contributed by atoms with Crippen molar-refractivity contribution in [3.05, 3.63) is 68.7 Å². The minimum Gasteiger partial charge on any atom is -0.462 e. The number of nitro groups is 1. The van der Waals surface area contributed by atoms with Gasteiger partial charge >= 0.3 is 5.97 Å². The number of carbonyl (C=O) groups is 1. The van der Waals surface area contributed by atoms with Crippen molar-refractivity contribution in [1.82, 2.24) is 0 Å². The van der Waals surface area contributed by atoms with Crippen molar-refractivity contribution < 1.29 is 14.5 Å². The fourth-order valence-electron chi connectivity index (χ4n) is 2.02. The molecule has 0 spiro atoms. The lowest BCUT2D eigenvalue weighted by Gasteiger charge is -2.07. The number of hydrogen-bond donors (Lipinski definition) is 1. The lowest BCUT2D eigenvalue weighted by atomic mass is 10.1. The number of ether oxygens (including phenoxy) is 1. The molecule has 0 atom stereocenters. The van der Waals surface area contributed by atoms with Crippen LogP contribution in [0.4, 0.5) is 11.4 Å². The second-order valence-corrected chi connectivity index (χ2v) is 5.46. The molecule has 2 rings (SSSR count). The predicted octanol–water partition coefficient (Wildman–Crippen LogP) is 4.26. The van der Waals surface area contributed by atoms with E-state index in [-0.39, 0.29) is 23.5 Å². The third-order valence-electron chi connectivity index (χ3n) is 3.31. The van der Waals surface area contributed by atoms with E-state index in [2.05, 4.69) is 10.5 Å². The molecule has 25 heavy (non-hydrogen) atoms. The lowest BCUT2D eigenvalue weighted by molar-refractivity contribution is -0.384. The molecule has 2 aromatic carbocycles. The molecule has 0 saturated carbocycles. The molecule has 0 fully saturated rings. The van der Waals surface area contributed by atoms with E-state index in [1.165, 1.54) is 12.1 Å². The van der Waals surface area contributed by atoms with Crippen LogP contribution in [0.1, 0.15) is 29.8 Å². The molecule has 0 aliphatic heterocycles. The number of nitro benzene ring substituents is 1. The minimum atomic E-state index is -0.613. The summed E-state index contributed by atoms with van der Waals surface area (Å²) in [6, 6.07) is 11.1. The Hall–Kier alpha value is -2.93. The Morgan fingerprint density at radius 3 is 2.48 bits per heavy atom. The van der Waals surface area contributed by atoms with E-state index >= 15 is 0 Å². The Balaban J connectivity index is 2.26. The smallest absolute Gasteiger partial charge is 0.338 e. The lowest BCUT2D eigenvalue weighted by Crippen LogP contribution is -2.07. The number of benzene rings is 2. The molecule has 0 bridgehead atoms. The number of hydrogen-bond acceptors (Lipinski definition) is 6. The predicted molar refractivity (Wildman–Crippen MR) is 96.3 cm³/mol. The van der Waals surface area contributed by atoms with Crippen LogP contribution in [0.15, 0.2) is 47.6 Å². The maximum absolute atomic E-state index is 11.7. The Bertz CT molecular complexity index is 819. The maximum atomic E-state index is 11.7. The van der Waals surface area contributed by atoms with Gasteiger partial charge in [-0.25, -0.2) is 4.79 Å². The number of halogens is 1. The van der Waals surface area contributed by atoms with E-state index in [1.807, 2.05) is 0 Å². The zero-order valence-corrected chi connectivity index (χ0v) is 14.4. The van der Waals surface area contributed by atoms with E-state index in [0.717, 1.165) is 11.6 Å². The first kappa shape index (κ1) is 18.4. The van der Waals surface area contributed by atoms with Crippen molar-refractivity contribution in [2.75, 3.05) is 12.0 Å². The molecule has 0 unspecified atom stereocenters. The highest BCUT2D eigenvalue weighted by atomic mass is 35.5. The van der Waals surface area contributed by atoms with E-state index in [0.29, 0.717) is 10.7 Å². The third-order valence-corrected chi connectivity index (χ3v) is 3.56. The molecular formula is C17H16ClN3O4. The van der Waals surface area contributed by atoms with Crippen molar-refractivity contribution in [1.29, 1.82) is 0 Å². The fraction of sp³-hybridized carbons (Fsp3) is 0.176. The number of esters is 1. The second-order valence-electron chi connectivity index (χ2n) is 5.03. The molecule has 0 heterocycles. The van der Waals surface area contributed by atoms with Crippen LogP contribution in [0.25, 0.3) is 0 Å². The topological polar surface area (TPSA) is 93.8 Å². The van der Waals surface area contributed by atoms with Crippen molar-refractivity contribution in [3.8, 4) is 0 Å². The summed E-state index contributed by atoms with van der Waals surface area (Å²) in [5.41, 5.74) is 4.13. The molecule has 8 heteroatoms. The van der Waals surface area contributed by atoms with E-state index in [4.69, 9.17) is 16.3 Å². The maximum Gasteiger partial charge on any atom is 0.338 e. The Morgan fingerprint density at radius 2 is 1.88 bits per heavy atom. The monoisotopic (exact) mass is 361 g/mol. The van der Waals surface area contributed by atoms with E-state index < -0.39 is 10.9 Å². The van der Waals surface area contributed by atoms with Gasteiger partial charge in [0.1, 0.15) is 5.69 Å². The van der Waals surface area contributed by atoms with Crippen molar-refractivity contribution in [2.45, 2.75) is 13.8 Å². The SMILES string of the molecule is CCOC(=O)c1ccc(N/N=C(\C)c2ccc(Cl)cc2)c([N+](=O)[O-])c1. The van der Waals surface area contributed by atoms with Crippen LogP contribution >= 0.6 is 11.6 Å². The summed E-state index contributed by atoms with van der Waals surface area (Å²) in [6.07, 6.45) is 0. The van der Waals surface area contributed by atoms with Crippen LogP contribution in [-0.4, -0.2) is 23.2 Å². The van der Waals surface area contributed by atoms with Gasteiger partial charge in [-0.1, -0.05) is 23.7 Å². The molecule has 2 aromatic rings. The minimum absolute atomic E-state index is 0.109. The van der Waals surface area contributed by atoms with Gasteiger partial charge in [-0.2, -0.15) is 5.10 Å². The summed E-state index contributed by atoms with van der Waals surface area (Å²) >= 11 is 5.84. The van der Waals surface area contributed by atoms with Crippen molar-refractivity contribution in [3.63, 3.8) is 0 Å². The summed E-state index contributed by atoms with van der Waals surface area (Å²) in [6.45, 7) is 3.61. The van der Waals surface area contributed by atoms with E-state index in [1.54, 1.807) is 38.1 Å². The molecule has 0 saturated heterocycles. The van der Waals surface area contributed by atoms with Crippen LogP contribution < -0.4 is 5.43 Å². The quantitative estimate of drug-likeness (QED) is 0.359. The first-order chi connectivity index (χ1) is 11.9. The number of nitrogens with zero attached hydrogens (tertiary/aromatic N) is 2. The summed E-state index contributed by atoms with van der Waals surface area (Å²) < 4.78 is 4.85. The second kappa shape index (κ2) is 8.25. The molecule has 7 nitrogen and oxygen atoms in total. The van der Waals surface area contributed by atoms with Crippen LogP contribution in [-0.2, 0) is 4.74 Å². The van der Waals surface area contributed by atoms with Gasteiger partial charge in [0.25, 0.3) is 5.69 Å². The van der Waals surface area contributed by atoms with Crippen molar-refractivity contribution >= 4 is 34.7 Å². The van der Waals surface area contributed by atoms with Gasteiger partial charge in [0.05, 0.1) is 22.8 Å². The average Bonchev–Trinajstić information content (AvgIpc) is 2.60. The van der Waals surface area contributed by atoms with Crippen LogP contribution in [0.2, 0.25) is 5.02 Å². The third kappa shape index (κ3) is 4.77. The number of nitrogens with one attached hydrogen (secondary N) is 1. The normalized spacial score (nSPS) is 11.1. The molecule has 0 aliphatic carbocycles. The summed E-state index contributed by atoms with van der Waals surface area (Å²) in [5, 5.41) is 16.0. The Kier molecular flexibility index (Phi) is 6.08. The van der Waals surface area contributed by atoms with Crippen LogP contribution in [0, 0.1) is 10.1 Å². The zero-order valence-electron chi connectivity index (χ0n) is 13.7. The van der Waals surface area contributed by atoms with Gasteiger partial charge in [-0.05, 0) is 43.7 Å². The highest BCUT2D eigenvalue weighted by Gasteiger charge is 2.18. The molecule has 0 aromatic heterocycles. The van der Waals surface area contributed by atoms with Gasteiger partial charge < -0.3 is 4.74 Å². The first-order valence-electron chi connectivity index (χ1n) is 7.44. The number of rotatable bonds is 6. The van der Waals surface area contributed by atoms with Gasteiger partial charge in [-0.15, -0.1) is 0 Å². The summed E-state index contributed by atoms with van der Waals surface area (Å²) in [4.78, 5) is 22.4. The van der Waals surface area contributed by atoms with Gasteiger partial charge in [-0.3, -0.25) is 15.5 Å². The molecule has 0 amide bonds. The number of carbonyl (C=O) groups excluding carboxylic acids is 1. The summed E-state index contributed by atoms with van der Waals surface area (Å²) in [5.74, 6) is -0.613. The molecule has 1 N–H and O–H groups in total. The number of anilines is 1. The Labute approximate surface area is 149 Å². The largest absolute Gasteiger partial charge is 0.462 e. The first-order valence-corrected chi connectivity index (χ1v) is 7.82. The molecule has 130 valence electrons. The van der Waals surface area contributed by atoms with Gasteiger partial charge in [0.15, 0.2) is 0 Å². The van der Waals surface area contributed by atoms with Crippen molar-refractivity contribution in [2.24, 2.45) is 5.10 Å². The standard InChI is InChI=1S/C17H16ClN3O4/c1-3-25-17(22)13-6-9-15(16(10-13)21(23)24)20-19-11(2)12-4-7-14(18)8-5-12/h4-10,20H,3H2,1-2H3/b19-11+. The van der Waals surface area contributed by atoms with Gasteiger partial charge in [0.2, 0.25) is 0 Å². The van der Waals surface area contributed by atoms with Gasteiger partial charge in [0, 0.05) is 11.1 Å².